The molecule has 1 amide bonds. The van der Waals surface area contributed by atoms with Gasteiger partial charge in [-0.05, 0) is 47.7 Å². The van der Waals surface area contributed by atoms with Crippen molar-refractivity contribution >= 4 is 48.9 Å². The minimum absolute atomic E-state index is 0.0852. The first-order valence-electron chi connectivity index (χ1n) is 9.27. The van der Waals surface area contributed by atoms with Crippen LogP contribution in [0.2, 0.25) is 0 Å². The Morgan fingerprint density at radius 2 is 2.00 bits per heavy atom. The van der Waals surface area contributed by atoms with Gasteiger partial charge in [-0.1, -0.05) is 18.2 Å². The number of nitrogens with one attached hydrogen (secondary N) is 2. The highest BCUT2D eigenvalue weighted by Crippen LogP contribution is 2.29. The van der Waals surface area contributed by atoms with Crippen LogP contribution >= 0.6 is 11.3 Å². The smallest absolute Gasteiger partial charge is 0.250 e. The van der Waals surface area contributed by atoms with Crippen molar-refractivity contribution in [2.24, 2.45) is 5.73 Å². The Morgan fingerprint density at radius 1 is 1.23 bits per heavy atom. The van der Waals surface area contributed by atoms with E-state index in [0.717, 1.165) is 10.1 Å². The summed E-state index contributed by atoms with van der Waals surface area (Å²) >= 11 is 1.17. The molecule has 30 heavy (non-hydrogen) atoms. The van der Waals surface area contributed by atoms with Gasteiger partial charge in [0.05, 0.1) is 0 Å². The zero-order chi connectivity index (χ0) is 21.5. The maximum absolute atomic E-state index is 12.8. The van der Waals surface area contributed by atoms with Crippen molar-refractivity contribution in [3.8, 4) is 0 Å². The monoisotopic (exact) mass is 443 g/mol. The molecule has 1 atom stereocenters. The number of carbonyl (C=O) groups excluding carboxylic acids is 1. The molecule has 2 heterocycles. The Morgan fingerprint density at radius 3 is 2.73 bits per heavy atom. The van der Waals surface area contributed by atoms with E-state index in [2.05, 4.69) is 4.72 Å². The summed E-state index contributed by atoms with van der Waals surface area (Å²) in [4.78, 5) is 14.4. The van der Waals surface area contributed by atoms with Crippen LogP contribution in [0.5, 0.6) is 0 Å². The molecule has 0 saturated carbocycles. The lowest BCUT2D eigenvalue weighted by atomic mass is 10.1. The topological polar surface area (TPSA) is 142 Å². The average molecular weight is 444 g/mol. The van der Waals surface area contributed by atoms with Crippen molar-refractivity contribution < 1.29 is 13.2 Å². The molecule has 0 radical (unpaired) electrons. The van der Waals surface area contributed by atoms with Crippen molar-refractivity contribution in [1.29, 1.82) is 5.41 Å². The number of fused-ring (bicyclic) bond motifs is 1. The predicted octanol–water partition coefficient (Wildman–Crippen LogP) is 1.85. The molecule has 1 saturated heterocycles. The number of nitrogen functional groups attached to an aromatic ring is 2. The standard InChI is InChI=1S/C20H21N5O3S2/c21-15-6-5-13(19(22)23)9-14(15)11-25-8-7-16(20(25)26)24-30(27,28)18-10-12-3-1-2-4-17(12)29-18/h1-6,9-10,16,24H,7-8,11,21H2,(H3,22,23)/t16-/m0/s1. The Labute approximate surface area is 178 Å². The second-order valence-electron chi connectivity index (χ2n) is 7.15. The van der Waals surface area contributed by atoms with E-state index < -0.39 is 16.1 Å². The van der Waals surface area contributed by atoms with Crippen LogP contribution in [0.4, 0.5) is 5.69 Å². The minimum Gasteiger partial charge on any atom is -0.398 e. The molecule has 0 unspecified atom stereocenters. The van der Waals surface area contributed by atoms with Crippen LogP contribution in [-0.2, 0) is 21.4 Å². The molecule has 8 nitrogen and oxygen atoms in total. The molecule has 0 aliphatic carbocycles. The third-order valence-corrected chi connectivity index (χ3v) is 8.14. The Balaban J connectivity index is 1.49. The predicted molar refractivity (Wildman–Crippen MR) is 118 cm³/mol. The van der Waals surface area contributed by atoms with Gasteiger partial charge in [0.1, 0.15) is 16.1 Å². The number of amidine groups is 1. The van der Waals surface area contributed by atoms with Crippen LogP contribution in [0.15, 0.2) is 52.7 Å². The van der Waals surface area contributed by atoms with Gasteiger partial charge in [-0.15, -0.1) is 11.3 Å². The normalized spacial score (nSPS) is 17.0. The number of carbonyl (C=O) groups is 1. The third-order valence-electron chi connectivity index (χ3n) is 5.08. The highest BCUT2D eigenvalue weighted by atomic mass is 32.2. The average Bonchev–Trinajstić information content (AvgIpc) is 3.28. The van der Waals surface area contributed by atoms with Gasteiger partial charge in [0.2, 0.25) is 5.91 Å². The van der Waals surface area contributed by atoms with E-state index in [4.69, 9.17) is 16.9 Å². The van der Waals surface area contributed by atoms with E-state index in [9.17, 15) is 13.2 Å². The van der Waals surface area contributed by atoms with Gasteiger partial charge in [-0.25, -0.2) is 8.42 Å². The van der Waals surface area contributed by atoms with Crippen LogP contribution in [0.3, 0.4) is 0 Å². The summed E-state index contributed by atoms with van der Waals surface area (Å²) in [5, 5.41) is 8.41. The van der Waals surface area contributed by atoms with Gasteiger partial charge in [0, 0.05) is 29.0 Å². The largest absolute Gasteiger partial charge is 0.398 e. The summed E-state index contributed by atoms with van der Waals surface area (Å²) in [7, 11) is -3.81. The summed E-state index contributed by atoms with van der Waals surface area (Å²) in [6.07, 6.45) is 0.370. The van der Waals surface area contributed by atoms with Gasteiger partial charge in [0.25, 0.3) is 10.0 Å². The molecule has 6 N–H and O–H groups in total. The number of nitrogens with zero attached hydrogens (tertiary/aromatic N) is 1. The van der Waals surface area contributed by atoms with Crippen LogP contribution < -0.4 is 16.2 Å². The van der Waals surface area contributed by atoms with Crippen molar-refractivity contribution in [1.82, 2.24) is 9.62 Å². The number of anilines is 1. The van der Waals surface area contributed by atoms with Crippen LogP contribution in [0.25, 0.3) is 10.1 Å². The maximum atomic E-state index is 12.8. The fourth-order valence-corrected chi connectivity index (χ4v) is 6.09. The summed E-state index contributed by atoms with van der Waals surface area (Å²) < 4.78 is 29.2. The quantitative estimate of drug-likeness (QED) is 0.261. The molecule has 1 aromatic heterocycles. The van der Waals surface area contributed by atoms with Crippen molar-refractivity contribution in [2.75, 3.05) is 12.3 Å². The van der Waals surface area contributed by atoms with E-state index in [1.54, 1.807) is 29.2 Å². The molecule has 1 fully saturated rings. The van der Waals surface area contributed by atoms with Gasteiger partial charge in [-0.2, -0.15) is 4.72 Å². The fraction of sp³-hybridized carbons (Fsp3) is 0.200. The molecule has 10 heteroatoms. The first kappa shape index (κ1) is 20.3. The number of thiophene rings is 1. The number of sulfonamides is 1. The van der Waals surface area contributed by atoms with Gasteiger partial charge >= 0.3 is 0 Å². The maximum Gasteiger partial charge on any atom is 0.250 e. The lowest BCUT2D eigenvalue weighted by molar-refractivity contribution is -0.129. The second-order valence-corrected chi connectivity index (χ2v) is 10.2. The molecular formula is C20H21N5O3S2. The van der Waals surface area contributed by atoms with E-state index >= 15 is 0 Å². The number of nitrogens with two attached hydrogens (primary N) is 2. The number of hydrogen-bond donors (Lipinski definition) is 4. The SMILES string of the molecule is N=C(N)c1ccc(N)c(CN2CC[C@H](NS(=O)(=O)c3cc4ccccc4s3)C2=O)c1. The Kier molecular flexibility index (Phi) is 5.22. The molecule has 1 aliphatic rings. The van der Waals surface area contributed by atoms with Gasteiger partial charge < -0.3 is 16.4 Å². The minimum atomic E-state index is -3.81. The first-order chi connectivity index (χ1) is 14.2. The lowest BCUT2D eigenvalue weighted by Gasteiger charge is -2.19. The fourth-order valence-electron chi connectivity index (χ4n) is 3.46. The van der Waals surface area contributed by atoms with Crippen LogP contribution in [-0.4, -0.2) is 37.6 Å². The summed E-state index contributed by atoms with van der Waals surface area (Å²) in [6, 6.07) is 13.2. The molecule has 0 spiro atoms. The number of benzene rings is 2. The molecular weight excluding hydrogens is 422 g/mol. The number of hydrogen-bond acceptors (Lipinski definition) is 6. The van der Waals surface area contributed by atoms with Crippen molar-refractivity contribution in [2.45, 2.75) is 23.2 Å². The summed E-state index contributed by atoms with van der Waals surface area (Å²) in [6.45, 7) is 0.634. The Hall–Kier alpha value is -2.95. The van der Waals surface area contributed by atoms with E-state index in [1.165, 1.54) is 11.3 Å². The zero-order valence-electron chi connectivity index (χ0n) is 16.0. The highest BCUT2D eigenvalue weighted by molar-refractivity contribution is 7.91. The van der Waals surface area contributed by atoms with Crippen molar-refractivity contribution in [3.63, 3.8) is 0 Å². The molecule has 2 aromatic carbocycles. The number of likely N-dealkylation sites (tertiary alicyclic amines) is 1. The number of rotatable bonds is 6. The van der Waals surface area contributed by atoms with Gasteiger partial charge in [0.15, 0.2) is 0 Å². The molecule has 0 bridgehead atoms. The van der Waals surface area contributed by atoms with E-state index in [-0.39, 0.29) is 22.5 Å². The summed E-state index contributed by atoms with van der Waals surface area (Å²) in [5.41, 5.74) is 13.2. The number of amides is 1. The first-order valence-corrected chi connectivity index (χ1v) is 11.6. The van der Waals surface area contributed by atoms with Crippen LogP contribution in [0, 0.1) is 5.41 Å². The zero-order valence-corrected chi connectivity index (χ0v) is 17.6. The van der Waals surface area contributed by atoms with E-state index in [0.29, 0.717) is 29.8 Å². The molecule has 156 valence electrons. The third kappa shape index (κ3) is 3.89. The van der Waals surface area contributed by atoms with Crippen LogP contribution in [0.1, 0.15) is 17.5 Å². The van der Waals surface area contributed by atoms with Gasteiger partial charge in [-0.3, -0.25) is 10.2 Å². The second kappa shape index (κ2) is 7.71. The van der Waals surface area contributed by atoms with E-state index in [1.807, 2.05) is 24.3 Å². The molecule has 1 aliphatic heterocycles. The molecule has 4 rings (SSSR count). The highest BCUT2D eigenvalue weighted by Gasteiger charge is 2.35. The summed E-state index contributed by atoms with van der Waals surface area (Å²) in [5.74, 6) is -0.384. The Bertz CT molecular complexity index is 1220. The van der Waals surface area contributed by atoms with Crippen molar-refractivity contribution in [3.05, 3.63) is 59.7 Å². The molecule has 3 aromatic rings. The lowest BCUT2D eigenvalue weighted by Crippen LogP contribution is -2.41.